The Labute approximate surface area is 170 Å². The van der Waals surface area contributed by atoms with Crippen LogP contribution in [0.1, 0.15) is 11.1 Å². The number of benzene rings is 3. The molecule has 9 heteroatoms. The first-order valence-electron chi connectivity index (χ1n) is 8.82. The molecular formula is C22H11F7NO. The number of alkyl halides is 3. The molecule has 0 saturated carbocycles. The van der Waals surface area contributed by atoms with Crippen molar-refractivity contribution in [2.75, 3.05) is 0 Å². The topological polar surface area (TPSA) is 25.0 Å². The van der Waals surface area contributed by atoms with Gasteiger partial charge in [-0.1, -0.05) is 18.2 Å². The standard InChI is InChI=1S/C22H11F7NO/c23-18-14(19(24)21(26)17(20(18)25)22(27,28)29)10-31-13-7-5-11(6-8-13)16-9-12-3-1-2-4-15(12)30-16/h1-8,30H,10H2. The van der Waals surface area contributed by atoms with Crippen LogP contribution in [-0.2, 0) is 12.8 Å². The minimum Gasteiger partial charge on any atom is -0.489 e. The molecule has 0 aliphatic heterocycles. The molecule has 0 unspecified atom stereocenters. The maximum absolute atomic E-state index is 14.0. The van der Waals surface area contributed by atoms with Crippen LogP contribution >= 0.6 is 0 Å². The number of para-hydroxylation sites is 1. The molecule has 0 aliphatic carbocycles. The number of fused-ring (bicyclic) bond motifs is 1. The maximum Gasteiger partial charge on any atom is 0.422 e. The van der Waals surface area contributed by atoms with Gasteiger partial charge in [0, 0.05) is 17.0 Å². The van der Waals surface area contributed by atoms with E-state index in [-0.39, 0.29) is 5.75 Å². The first-order valence-corrected chi connectivity index (χ1v) is 8.82. The smallest absolute Gasteiger partial charge is 0.422 e. The molecule has 3 aromatic carbocycles. The van der Waals surface area contributed by atoms with Gasteiger partial charge in [0.05, 0.1) is 11.3 Å². The molecule has 159 valence electrons. The minimum absolute atomic E-state index is 0.0828. The van der Waals surface area contributed by atoms with Gasteiger partial charge in [0.2, 0.25) is 0 Å². The highest BCUT2D eigenvalue weighted by Gasteiger charge is 2.42. The van der Waals surface area contributed by atoms with Gasteiger partial charge in [-0.2, -0.15) is 13.2 Å². The fourth-order valence-electron chi connectivity index (χ4n) is 3.07. The van der Waals surface area contributed by atoms with Gasteiger partial charge in [-0.3, -0.25) is 0 Å². The third-order valence-corrected chi connectivity index (χ3v) is 4.61. The summed E-state index contributed by atoms with van der Waals surface area (Å²) in [7, 11) is 0. The van der Waals surface area contributed by atoms with Crippen LogP contribution in [0.2, 0.25) is 0 Å². The van der Waals surface area contributed by atoms with Gasteiger partial charge in [-0.25, -0.2) is 17.6 Å². The van der Waals surface area contributed by atoms with E-state index in [1.807, 2.05) is 24.3 Å². The number of hydrogen-bond donors (Lipinski definition) is 1. The Balaban J connectivity index is 1.56. The molecule has 4 rings (SSSR count). The second-order valence-corrected chi connectivity index (χ2v) is 6.59. The van der Waals surface area contributed by atoms with Crippen LogP contribution in [0, 0.1) is 29.3 Å². The number of hydrogen-bond acceptors (Lipinski definition) is 1. The van der Waals surface area contributed by atoms with Gasteiger partial charge in [0.25, 0.3) is 0 Å². The molecule has 0 amide bonds. The molecule has 0 atom stereocenters. The Morgan fingerprint density at radius 3 is 2.00 bits per heavy atom. The third-order valence-electron chi connectivity index (χ3n) is 4.61. The molecule has 1 radical (unpaired) electrons. The van der Waals surface area contributed by atoms with Crippen molar-refractivity contribution in [1.82, 2.24) is 4.98 Å². The van der Waals surface area contributed by atoms with Crippen molar-refractivity contribution in [2.24, 2.45) is 0 Å². The number of nitrogens with one attached hydrogen (secondary N) is 1. The van der Waals surface area contributed by atoms with E-state index in [1.54, 1.807) is 12.1 Å². The summed E-state index contributed by atoms with van der Waals surface area (Å²) in [6, 6.07) is 16.7. The highest BCUT2D eigenvalue weighted by atomic mass is 19.4. The minimum atomic E-state index is -5.59. The van der Waals surface area contributed by atoms with Gasteiger partial charge >= 0.3 is 6.18 Å². The lowest BCUT2D eigenvalue weighted by atomic mass is 10.1. The van der Waals surface area contributed by atoms with E-state index in [9.17, 15) is 30.7 Å². The van der Waals surface area contributed by atoms with Gasteiger partial charge < -0.3 is 9.72 Å². The molecule has 31 heavy (non-hydrogen) atoms. The Bertz CT molecular complexity index is 1200. The van der Waals surface area contributed by atoms with Crippen molar-refractivity contribution in [3.63, 3.8) is 0 Å². The zero-order valence-corrected chi connectivity index (χ0v) is 15.4. The van der Waals surface area contributed by atoms with Crippen molar-refractivity contribution < 1.29 is 35.5 Å². The van der Waals surface area contributed by atoms with Crippen molar-refractivity contribution >= 4 is 10.9 Å². The Hall–Kier alpha value is -3.49. The van der Waals surface area contributed by atoms with Gasteiger partial charge in [0.15, 0.2) is 23.3 Å². The van der Waals surface area contributed by atoms with Crippen molar-refractivity contribution in [1.29, 1.82) is 0 Å². The summed E-state index contributed by atoms with van der Waals surface area (Å²) >= 11 is 0. The molecule has 0 saturated heterocycles. The zero-order valence-electron chi connectivity index (χ0n) is 15.4. The molecule has 2 nitrogen and oxygen atoms in total. The SMILES string of the molecule is Fc1c(F)c(C(F)(F)F)c(F)c(F)c1COc1ccc(-c2[c]c3ccccc3[nH]2)cc1. The van der Waals surface area contributed by atoms with E-state index in [4.69, 9.17) is 4.74 Å². The van der Waals surface area contributed by atoms with Crippen LogP contribution in [0.4, 0.5) is 30.7 Å². The number of aromatic nitrogens is 1. The summed E-state index contributed by atoms with van der Waals surface area (Å²) in [5.74, 6) is -9.27. The van der Waals surface area contributed by atoms with Crippen molar-refractivity contribution in [3.05, 3.63) is 89.0 Å². The normalized spacial score (nSPS) is 11.8. The average Bonchev–Trinajstić information content (AvgIpc) is 3.16. The number of rotatable bonds is 4. The molecule has 1 N–H and O–H groups in total. The lowest BCUT2D eigenvalue weighted by Gasteiger charge is -2.14. The van der Waals surface area contributed by atoms with E-state index < -0.39 is 47.2 Å². The molecule has 0 fully saturated rings. The first-order chi connectivity index (χ1) is 14.7. The second kappa shape index (κ2) is 7.64. The third kappa shape index (κ3) is 3.83. The fraction of sp³-hybridized carbons (Fsp3) is 0.0909. The van der Waals surface area contributed by atoms with E-state index >= 15 is 0 Å². The quantitative estimate of drug-likeness (QED) is 0.276. The largest absolute Gasteiger partial charge is 0.489 e. The molecule has 4 aromatic rings. The maximum atomic E-state index is 14.0. The van der Waals surface area contributed by atoms with E-state index in [0.717, 1.165) is 10.9 Å². The van der Waals surface area contributed by atoms with E-state index in [2.05, 4.69) is 11.1 Å². The molecule has 1 aromatic heterocycles. The lowest BCUT2D eigenvalue weighted by molar-refractivity contribution is -0.143. The highest BCUT2D eigenvalue weighted by Crippen LogP contribution is 2.37. The predicted octanol–water partition coefficient (Wildman–Crippen LogP) is 6.79. The first kappa shape index (κ1) is 20.8. The summed E-state index contributed by atoms with van der Waals surface area (Å²) in [6.07, 6.45) is -5.59. The van der Waals surface area contributed by atoms with Crippen molar-refractivity contribution in [2.45, 2.75) is 12.8 Å². The highest BCUT2D eigenvalue weighted by molar-refractivity contribution is 5.84. The van der Waals surface area contributed by atoms with Crippen LogP contribution in [0.15, 0.2) is 48.5 Å². The molecule has 0 bridgehead atoms. The summed E-state index contributed by atoms with van der Waals surface area (Å²) in [6.45, 7) is -1.01. The van der Waals surface area contributed by atoms with Crippen LogP contribution in [0.3, 0.4) is 0 Å². The van der Waals surface area contributed by atoms with Crippen LogP contribution < -0.4 is 4.74 Å². The fourth-order valence-corrected chi connectivity index (χ4v) is 3.07. The summed E-state index contributed by atoms with van der Waals surface area (Å²) in [4.78, 5) is 3.16. The monoisotopic (exact) mass is 438 g/mol. The Morgan fingerprint density at radius 2 is 1.42 bits per heavy atom. The van der Waals surface area contributed by atoms with E-state index in [0.29, 0.717) is 11.3 Å². The van der Waals surface area contributed by atoms with Gasteiger partial charge in [0.1, 0.15) is 17.9 Å². The summed E-state index contributed by atoms with van der Waals surface area (Å²) < 4.78 is 98.4. The number of ether oxygens (including phenoxy) is 1. The Morgan fingerprint density at radius 1 is 0.806 bits per heavy atom. The lowest BCUT2D eigenvalue weighted by Crippen LogP contribution is -2.18. The summed E-state index contributed by atoms with van der Waals surface area (Å²) in [5, 5.41) is 0.870. The predicted molar refractivity (Wildman–Crippen MR) is 98.2 cm³/mol. The van der Waals surface area contributed by atoms with Crippen molar-refractivity contribution in [3.8, 4) is 17.0 Å². The molecule has 0 aliphatic rings. The number of halogens is 7. The molecule has 1 heterocycles. The van der Waals surface area contributed by atoms with Gasteiger partial charge in [-0.05, 0) is 35.9 Å². The van der Waals surface area contributed by atoms with Crippen LogP contribution in [-0.4, -0.2) is 4.98 Å². The average molecular weight is 438 g/mol. The second-order valence-electron chi connectivity index (χ2n) is 6.59. The Kier molecular flexibility index (Phi) is 5.12. The van der Waals surface area contributed by atoms with Gasteiger partial charge in [-0.15, -0.1) is 0 Å². The zero-order chi connectivity index (χ0) is 22.3. The van der Waals surface area contributed by atoms with Crippen LogP contribution in [0.5, 0.6) is 5.75 Å². The molecular weight excluding hydrogens is 427 g/mol. The van der Waals surface area contributed by atoms with E-state index in [1.165, 1.54) is 12.1 Å². The summed E-state index contributed by atoms with van der Waals surface area (Å²) in [5.41, 5.74) is -1.64. The van der Waals surface area contributed by atoms with Crippen LogP contribution in [0.25, 0.3) is 22.2 Å². The number of aromatic amines is 1. The molecule has 0 spiro atoms. The number of H-pyrrole nitrogens is 1.